The van der Waals surface area contributed by atoms with Crippen LogP contribution in [0.25, 0.3) is 11.3 Å². The molecule has 184 valence electrons. The maximum Gasteiger partial charge on any atom is 0.247 e. The lowest BCUT2D eigenvalue weighted by Crippen LogP contribution is -2.15. The molecular formula is C26H28Cl2N4O3. The largest absolute Gasteiger partial charge is 0.495 e. The minimum absolute atomic E-state index is 0.0628. The van der Waals surface area contributed by atoms with E-state index in [2.05, 4.69) is 22.1 Å². The zero-order valence-corrected chi connectivity index (χ0v) is 21.7. The van der Waals surface area contributed by atoms with Gasteiger partial charge in [0, 0.05) is 48.2 Å². The molecule has 1 aromatic heterocycles. The van der Waals surface area contributed by atoms with Gasteiger partial charge in [0.15, 0.2) is 0 Å². The van der Waals surface area contributed by atoms with E-state index in [4.69, 9.17) is 32.7 Å². The van der Waals surface area contributed by atoms with Gasteiger partial charge in [0.2, 0.25) is 5.91 Å². The lowest BCUT2D eigenvalue weighted by Gasteiger charge is -2.26. The van der Waals surface area contributed by atoms with Gasteiger partial charge in [0.1, 0.15) is 11.5 Å². The molecule has 0 aliphatic heterocycles. The van der Waals surface area contributed by atoms with E-state index in [-0.39, 0.29) is 11.8 Å². The molecule has 35 heavy (non-hydrogen) atoms. The molecule has 2 N–H and O–H groups in total. The van der Waals surface area contributed by atoms with E-state index in [1.807, 2.05) is 37.2 Å². The number of fused-ring (bicyclic) bond motifs is 1. The van der Waals surface area contributed by atoms with Crippen LogP contribution in [0.1, 0.15) is 29.2 Å². The first-order valence-corrected chi connectivity index (χ1v) is 12.0. The highest BCUT2D eigenvalue weighted by molar-refractivity contribution is 6.38. The predicted octanol–water partition coefficient (Wildman–Crippen LogP) is 5.86. The molecule has 9 heteroatoms. The molecule has 1 amide bonds. The van der Waals surface area contributed by atoms with Crippen LogP contribution in [0.2, 0.25) is 10.0 Å². The van der Waals surface area contributed by atoms with Crippen molar-refractivity contribution in [3.8, 4) is 22.8 Å². The monoisotopic (exact) mass is 514 g/mol. The van der Waals surface area contributed by atoms with Gasteiger partial charge in [-0.25, -0.2) is 0 Å². The van der Waals surface area contributed by atoms with Crippen molar-refractivity contribution in [1.29, 1.82) is 0 Å². The van der Waals surface area contributed by atoms with Crippen LogP contribution in [-0.2, 0) is 17.6 Å². The molecule has 0 saturated heterocycles. The van der Waals surface area contributed by atoms with Crippen LogP contribution in [0.5, 0.6) is 11.5 Å². The number of carbonyl (C=O) groups excluding carboxylic acids is 1. The second kappa shape index (κ2) is 10.2. The molecule has 2 aromatic carbocycles. The van der Waals surface area contributed by atoms with Crippen LogP contribution in [0.4, 0.5) is 11.4 Å². The Morgan fingerprint density at radius 3 is 2.49 bits per heavy atom. The molecule has 0 fully saturated rings. The van der Waals surface area contributed by atoms with Crippen molar-refractivity contribution in [3.05, 3.63) is 63.8 Å². The molecule has 0 unspecified atom stereocenters. The number of amides is 1. The van der Waals surface area contributed by atoms with E-state index < -0.39 is 0 Å². The number of carbonyl (C=O) groups is 1. The molecular weight excluding hydrogens is 487 g/mol. The maximum atomic E-state index is 12.1. The maximum absolute atomic E-state index is 12.1. The van der Waals surface area contributed by atoms with Crippen LogP contribution in [0.3, 0.4) is 0 Å². The summed E-state index contributed by atoms with van der Waals surface area (Å²) in [4.78, 5) is 14.1. The molecule has 4 rings (SSSR count). The summed E-state index contributed by atoms with van der Waals surface area (Å²) < 4.78 is 10.9. The Hall–Kier alpha value is -3.16. The third-order valence-corrected chi connectivity index (χ3v) is 7.16. The SMILES string of the molecule is C=CC(=O)Nc1ccc(N(C)C)cc1-c1n[nH]c2c1CC[C@H](c1c(Cl)c(OC)cc(OC)c1Cl)C2. The van der Waals surface area contributed by atoms with Crippen LogP contribution in [0, 0.1) is 0 Å². The number of benzene rings is 2. The molecule has 1 atom stereocenters. The standard InChI is InChI=1S/C26H28Cl2N4O3/c1-6-22(33)29-18-10-8-15(32(2)3)12-17(18)26-16-9-7-14(11-19(16)30-31-26)23-24(27)20(34-4)13-21(35-5)25(23)28/h6,8,10,12-14H,1,7,9,11H2,2-5H3,(H,29,33)(H,30,31)/t14-/m0/s1. The van der Waals surface area contributed by atoms with Gasteiger partial charge in [-0.15, -0.1) is 0 Å². The third-order valence-electron chi connectivity index (χ3n) is 6.38. The van der Waals surface area contributed by atoms with Crippen molar-refractivity contribution in [2.45, 2.75) is 25.2 Å². The van der Waals surface area contributed by atoms with Crippen LogP contribution in [-0.4, -0.2) is 44.4 Å². The number of nitrogens with zero attached hydrogens (tertiary/aromatic N) is 2. The van der Waals surface area contributed by atoms with Gasteiger partial charge in [-0.2, -0.15) is 5.10 Å². The number of methoxy groups -OCH3 is 2. The van der Waals surface area contributed by atoms with Gasteiger partial charge in [0.05, 0.1) is 35.6 Å². The number of rotatable bonds is 7. The summed E-state index contributed by atoms with van der Waals surface area (Å²) in [5.74, 6) is 0.849. The highest BCUT2D eigenvalue weighted by Gasteiger charge is 2.31. The fourth-order valence-electron chi connectivity index (χ4n) is 4.54. The number of halogens is 2. The van der Waals surface area contributed by atoms with Gasteiger partial charge < -0.3 is 19.7 Å². The average molecular weight is 515 g/mol. The quantitative estimate of drug-likeness (QED) is 0.385. The summed E-state index contributed by atoms with van der Waals surface area (Å²) >= 11 is 13.4. The Bertz CT molecular complexity index is 1260. The molecule has 0 radical (unpaired) electrons. The highest BCUT2D eigenvalue weighted by atomic mass is 35.5. The number of ether oxygens (including phenoxy) is 2. The van der Waals surface area contributed by atoms with Gasteiger partial charge in [-0.1, -0.05) is 29.8 Å². The molecule has 0 spiro atoms. The van der Waals surface area contributed by atoms with Crippen molar-refractivity contribution >= 4 is 40.5 Å². The van der Waals surface area contributed by atoms with Crippen molar-refractivity contribution in [2.75, 3.05) is 38.5 Å². The fraction of sp³-hybridized carbons (Fsp3) is 0.308. The fourth-order valence-corrected chi connectivity index (χ4v) is 5.35. The molecule has 0 saturated carbocycles. The van der Waals surface area contributed by atoms with Crippen LogP contribution < -0.4 is 19.7 Å². The Morgan fingerprint density at radius 2 is 1.89 bits per heavy atom. The molecule has 0 bridgehead atoms. The summed E-state index contributed by atoms with van der Waals surface area (Å²) in [5.41, 5.74) is 6.31. The van der Waals surface area contributed by atoms with E-state index in [1.165, 1.54) is 6.08 Å². The van der Waals surface area contributed by atoms with Gasteiger partial charge in [0.25, 0.3) is 0 Å². The lowest BCUT2D eigenvalue weighted by atomic mass is 9.81. The van der Waals surface area contributed by atoms with E-state index in [1.54, 1.807) is 20.3 Å². The first-order valence-electron chi connectivity index (χ1n) is 11.2. The summed E-state index contributed by atoms with van der Waals surface area (Å²) in [6, 6.07) is 7.58. The minimum Gasteiger partial charge on any atom is -0.495 e. The zero-order valence-electron chi connectivity index (χ0n) is 20.2. The van der Waals surface area contributed by atoms with Crippen molar-refractivity contribution < 1.29 is 14.3 Å². The molecule has 3 aromatic rings. The summed E-state index contributed by atoms with van der Waals surface area (Å²) in [5, 5.41) is 11.8. The first-order chi connectivity index (χ1) is 16.8. The van der Waals surface area contributed by atoms with Gasteiger partial charge in [-0.3, -0.25) is 9.89 Å². The third kappa shape index (κ3) is 4.70. The Morgan fingerprint density at radius 1 is 1.20 bits per heavy atom. The Labute approximate surface area is 215 Å². The topological polar surface area (TPSA) is 79.5 Å². The number of aromatic nitrogens is 2. The number of H-pyrrole nitrogens is 1. The number of aromatic amines is 1. The van der Waals surface area contributed by atoms with Crippen LogP contribution in [0.15, 0.2) is 36.9 Å². The van der Waals surface area contributed by atoms with Gasteiger partial charge >= 0.3 is 0 Å². The predicted molar refractivity (Wildman–Crippen MR) is 142 cm³/mol. The second-order valence-corrected chi connectivity index (χ2v) is 9.37. The van der Waals surface area contributed by atoms with Crippen molar-refractivity contribution in [1.82, 2.24) is 10.2 Å². The number of nitrogens with one attached hydrogen (secondary N) is 2. The summed E-state index contributed by atoms with van der Waals surface area (Å²) in [7, 11) is 7.09. The van der Waals surface area contributed by atoms with E-state index in [0.29, 0.717) is 33.7 Å². The smallest absolute Gasteiger partial charge is 0.247 e. The zero-order chi connectivity index (χ0) is 25.3. The van der Waals surface area contributed by atoms with E-state index in [0.717, 1.165) is 46.6 Å². The summed E-state index contributed by atoms with van der Waals surface area (Å²) in [6.07, 6.45) is 3.51. The van der Waals surface area contributed by atoms with Crippen LogP contribution >= 0.6 is 23.2 Å². The first kappa shape index (κ1) is 24.9. The highest BCUT2D eigenvalue weighted by Crippen LogP contribution is 2.48. The normalized spacial score (nSPS) is 14.7. The molecule has 1 aliphatic rings. The molecule has 7 nitrogen and oxygen atoms in total. The minimum atomic E-state index is -0.274. The number of hydrogen-bond acceptors (Lipinski definition) is 5. The van der Waals surface area contributed by atoms with E-state index >= 15 is 0 Å². The number of hydrogen-bond donors (Lipinski definition) is 2. The van der Waals surface area contributed by atoms with Crippen molar-refractivity contribution in [2.24, 2.45) is 0 Å². The average Bonchev–Trinajstić information content (AvgIpc) is 3.27. The lowest BCUT2D eigenvalue weighted by molar-refractivity contribution is -0.111. The Balaban J connectivity index is 1.74. The molecule has 1 heterocycles. The van der Waals surface area contributed by atoms with E-state index in [9.17, 15) is 4.79 Å². The number of anilines is 2. The second-order valence-electron chi connectivity index (χ2n) is 8.61. The van der Waals surface area contributed by atoms with Crippen molar-refractivity contribution in [3.63, 3.8) is 0 Å². The van der Waals surface area contributed by atoms with Gasteiger partial charge in [-0.05, 0) is 49.5 Å². The Kier molecular flexibility index (Phi) is 7.28. The summed E-state index contributed by atoms with van der Waals surface area (Å²) in [6.45, 7) is 3.56. The molecule has 1 aliphatic carbocycles.